The number of rotatable bonds is 7. The van der Waals surface area contributed by atoms with E-state index in [0.717, 1.165) is 11.6 Å². The summed E-state index contributed by atoms with van der Waals surface area (Å²) in [5, 5.41) is 3.10. The second-order valence-corrected chi connectivity index (χ2v) is 9.78. The van der Waals surface area contributed by atoms with Crippen molar-refractivity contribution in [3.05, 3.63) is 66.0 Å². The van der Waals surface area contributed by atoms with Crippen LogP contribution in [0.4, 0.5) is 4.39 Å². The third-order valence-corrected chi connectivity index (χ3v) is 7.17. The number of carbonyl (C=O) groups is 1. The van der Waals surface area contributed by atoms with E-state index >= 15 is 0 Å². The highest BCUT2D eigenvalue weighted by atomic mass is 32.2. The van der Waals surface area contributed by atoms with Crippen molar-refractivity contribution in [2.24, 2.45) is 5.92 Å². The smallest absolute Gasteiger partial charge is 0.243 e. The molecule has 3 rings (SSSR count). The molecule has 1 amide bonds. The van der Waals surface area contributed by atoms with Gasteiger partial charge in [0.25, 0.3) is 0 Å². The van der Waals surface area contributed by atoms with Crippen LogP contribution < -0.4 is 5.32 Å². The number of nitrogens with zero attached hydrogens (tertiary/aromatic N) is 2. The molecule has 1 saturated heterocycles. The Labute approximate surface area is 177 Å². The molecule has 1 unspecified atom stereocenters. The molecule has 30 heavy (non-hydrogen) atoms. The number of hydrogen-bond donors (Lipinski definition) is 1. The predicted octanol–water partition coefficient (Wildman–Crippen LogP) is 2.65. The lowest BCUT2D eigenvalue weighted by molar-refractivity contribution is -0.123. The maximum Gasteiger partial charge on any atom is 0.243 e. The van der Waals surface area contributed by atoms with Gasteiger partial charge in [0.05, 0.1) is 17.5 Å². The highest BCUT2D eigenvalue weighted by Crippen LogP contribution is 2.22. The first kappa shape index (κ1) is 22.4. The zero-order valence-electron chi connectivity index (χ0n) is 17.3. The van der Waals surface area contributed by atoms with Crippen molar-refractivity contribution in [2.75, 3.05) is 32.7 Å². The minimum absolute atomic E-state index is 0.0451. The quantitative estimate of drug-likeness (QED) is 0.729. The van der Waals surface area contributed by atoms with Gasteiger partial charge < -0.3 is 5.32 Å². The number of amides is 1. The lowest BCUT2D eigenvalue weighted by Gasteiger charge is -2.34. The molecule has 1 fully saturated rings. The predicted molar refractivity (Wildman–Crippen MR) is 114 cm³/mol. The summed E-state index contributed by atoms with van der Waals surface area (Å²) >= 11 is 0. The highest BCUT2D eigenvalue weighted by molar-refractivity contribution is 7.89. The Bertz CT molecular complexity index is 959. The first-order chi connectivity index (χ1) is 14.3. The van der Waals surface area contributed by atoms with E-state index in [0.29, 0.717) is 13.1 Å². The van der Waals surface area contributed by atoms with Gasteiger partial charge in [0.15, 0.2) is 0 Å². The largest absolute Gasteiger partial charge is 0.348 e. The summed E-state index contributed by atoms with van der Waals surface area (Å²) in [4.78, 5) is 14.5. The van der Waals surface area contributed by atoms with Crippen LogP contribution >= 0.6 is 0 Å². The molecule has 0 spiro atoms. The van der Waals surface area contributed by atoms with Crippen LogP contribution in [0, 0.1) is 11.7 Å². The van der Waals surface area contributed by atoms with Gasteiger partial charge in [-0.2, -0.15) is 4.31 Å². The van der Waals surface area contributed by atoms with Crippen molar-refractivity contribution in [1.29, 1.82) is 0 Å². The van der Waals surface area contributed by atoms with Crippen LogP contribution in [-0.4, -0.2) is 56.3 Å². The Kier molecular flexibility index (Phi) is 7.23. The zero-order valence-corrected chi connectivity index (χ0v) is 18.1. The van der Waals surface area contributed by atoms with E-state index in [1.165, 1.54) is 22.5 Å². The van der Waals surface area contributed by atoms with Crippen LogP contribution in [0.1, 0.15) is 25.5 Å². The van der Waals surface area contributed by atoms with Crippen LogP contribution in [-0.2, 0) is 14.8 Å². The molecule has 162 valence electrons. The van der Waals surface area contributed by atoms with Gasteiger partial charge in [-0.15, -0.1) is 0 Å². The Morgan fingerprint density at radius 1 is 1.03 bits per heavy atom. The van der Waals surface area contributed by atoms with E-state index in [4.69, 9.17) is 0 Å². The van der Waals surface area contributed by atoms with Crippen LogP contribution in [0.15, 0.2) is 59.5 Å². The lowest BCUT2D eigenvalue weighted by atomic mass is 9.96. The van der Waals surface area contributed by atoms with Crippen LogP contribution in [0.5, 0.6) is 0 Å². The molecule has 1 aliphatic rings. The lowest BCUT2D eigenvalue weighted by Crippen LogP contribution is -2.51. The van der Waals surface area contributed by atoms with Gasteiger partial charge >= 0.3 is 0 Å². The Morgan fingerprint density at radius 3 is 2.30 bits per heavy atom. The van der Waals surface area contributed by atoms with Gasteiger partial charge in [0, 0.05) is 26.2 Å². The maximum absolute atomic E-state index is 13.4. The molecule has 0 saturated carbocycles. The fourth-order valence-corrected chi connectivity index (χ4v) is 5.08. The Balaban J connectivity index is 1.56. The summed E-state index contributed by atoms with van der Waals surface area (Å²) in [6.07, 6.45) is 0. The molecule has 1 atom stereocenters. The van der Waals surface area contributed by atoms with Crippen molar-refractivity contribution in [3.63, 3.8) is 0 Å². The average molecular weight is 434 g/mol. The normalized spacial score (nSPS) is 17.1. The molecule has 1 N–H and O–H groups in total. The van der Waals surface area contributed by atoms with Crippen LogP contribution in [0.2, 0.25) is 0 Å². The number of benzene rings is 2. The summed E-state index contributed by atoms with van der Waals surface area (Å²) in [5.74, 6) is -0.423. The van der Waals surface area contributed by atoms with E-state index in [9.17, 15) is 17.6 Å². The van der Waals surface area contributed by atoms with Crippen molar-refractivity contribution < 1.29 is 17.6 Å². The Hall–Kier alpha value is -2.29. The number of hydrogen-bond acceptors (Lipinski definition) is 4. The molecule has 2 aromatic carbocycles. The molecule has 0 radical (unpaired) electrons. The van der Waals surface area contributed by atoms with E-state index in [-0.39, 0.29) is 42.4 Å². The van der Waals surface area contributed by atoms with Crippen molar-refractivity contribution in [2.45, 2.75) is 24.8 Å². The molecule has 8 heteroatoms. The number of nitrogens with one attached hydrogen (secondary N) is 1. The van der Waals surface area contributed by atoms with E-state index < -0.39 is 15.8 Å². The number of piperazine rings is 1. The first-order valence-corrected chi connectivity index (χ1v) is 11.5. The monoisotopic (exact) mass is 433 g/mol. The fraction of sp³-hybridized carbons (Fsp3) is 0.409. The summed E-state index contributed by atoms with van der Waals surface area (Å²) in [6.45, 7) is 5.75. The van der Waals surface area contributed by atoms with Gasteiger partial charge in [-0.1, -0.05) is 50.2 Å². The molecule has 1 heterocycles. The average Bonchev–Trinajstić information content (AvgIpc) is 2.73. The van der Waals surface area contributed by atoms with Crippen molar-refractivity contribution in [3.8, 4) is 0 Å². The second kappa shape index (κ2) is 9.68. The molecule has 2 aromatic rings. The van der Waals surface area contributed by atoms with Crippen LogP contribution in [0.3, 0.4) is 0 Å². The third kappa shape index (κ3) is 5.44. The summed E-state index contributed by atoms with van der Waals surface area (Å²) in [6, 6.07) is 14.8. The molecule has 0 aromatic heterocycles. The van der Waals surface area contributed by atoms with Crippen LogP contribution in [0.25, 0.3) is 0 Å². The van der Waals surface area contributed by atoms with Gasteiger partial charge in [0.1, 0.15) is 5.82 Å². The van der Waals surface area contributed by atoms with E-state index in [2.05, 4.69) is 19.2 Å². The van der Waals surface area contributed by atoms with Crippen molar-refractivity contribution >= 4 is 15.9 Å². The minimum atomic E-state index is -3.74. The topological polar surface area (TPSA) is 69.7 Å². The van der Waals surface area contributed by atoms with Gasteiger partial charge in [-0.05, 0) is 29.7 Å². The fourth-order valence-electron chi connectivity index (χ4n) is 3.62. The number of halogens is 1. The molecular formula is C22H28FN3O3S. The molecule has 1 aliphatic heterocycles. The molecular weight excluding hydrogens is 405 g/mol. The number of carbonyl (C=O) groups excluding carboxylic acids is 1. The standard InChI is InChI=1S/C22H28FN3O3S/c1-17(2)22(18-7-4-3-5-8-18)24-21(27)16-25-11-13-26(14-12-25)30(28,29)20-10-6-9-19(23)15-20/h3-10,15,17,22H,11-14,16H2,1-2H3,(H,24,27). The maximum atomic E-state index is 13.4. The van der Waals surface area contributed by atoms with E-state index in [1.54, 1.807) is 0 Å². The van der Waals surface area contributed by atoms with E-state index in [1.807, 2.05) is 35.2 Å². The summed E-state index contributed by atoms with van der Waals surface area (Å²) in [7, 11) is -3.74. The SMILES string of the molecule is CC(C)C(NC(=O)CN1CCN(S(=O)(=O)c2cccc(F)c2)CC1)c1ccccc1. The molecule has 6 nitrogen and oxygen atoms in total. The van der Waals surface area contributed by atoms with Crippen molar-refractivity contribution in [1.82, 2.24) is 14.5 Å². The first-order valence-electron chi connectivity index (χ1n) is 10.1. The summed E-state index contributed by atoms with van der Waals surface area (Å²) < 4.78 is 40.2. The molecule has 0 bridgehead atoms. The van der Waals surface area contributed by atoms with Gasteiger partial charge in [0.2, 0.25) is 15.9 Å². The third-order valence-electron chi connectivity index (χ3n) is 5.27. The Morgan fingerprint density at radius 2 is 1.70 bits per heavy atom. The highest BCUT2D eigenvalue weighted by Gasteiger charge is 2.29. The number of sulfonamides is 1. The summed E-state index contributed by atoms with van der Waals surface area (Å²) in [5.41, 5.74) is 1.06. The van der Waals surface area contributed by atoms with Gasteiger partial charge in [-0.25, -0.2) is 12.8 Å². The van der Waals surface area contributed by atoms with Gasteiger partial charge in [-0.3, -0.25) is 9.69 Å². The zero-order chi connectivity index (χ0) is 21.7. The minimum Gasteiger partial charge on any atom is -0.348 e. The second-order valence-electron chi connectivity index (χ2n) is 7.84. The molecule has 0 aliphatic carbocycles.